The largest absolute Gasteiger partial charge is 0.496 e. The monoisotopic (exact) mass is 839 g/mol. The zero-order chi connectivity index (χ0) is 42.2. The van der Waals surface area contributed by atoms with Crippen molar-refractivity contribution in [2.45, 2.75) is 100 Å². The Morgan fingerprint density at radius 3 is 2.53 bits per heavy atom. The molecule has 4 bridgehead atoms. The summed E-state index contributed by atoms with van der Waals surface area (Å²) in [7, 11) is -2.31. The lowest BCUT2D eigenvalue weighted by molar-refractivity contribution is -0.142. The highest BCUT2D eigenvalue weighted by molar-refractivity contribution is 7.91. The first-order valence-corrected chi connectivity index (χ1v) is 22.6. The highest BCUT2D eigenvalue weighted by Crippen LogP contribution is 2.46. The Labute approximate surface area is 350 Å². The number of alkyl carbamates (subject to hydrolysis) is 1. The van der Waals surface area contributed by atoms with Crippen LogP contribution in [-0.2, 0) is 29.1 Å². The molecule has 60 heavy (non-hydrogen) atoms. The van der Waals surface area contributed by atoms with Crippen LogP contribution in [0.2, 0.25) is 0 Å². The number of hydrogen-bond donors (Lipinski definition) is 3. The van der Waals surface area contributed by atoms with Crippen LogP contribution in [0.3, 0.4) is 0 Å². The van der Waals surface area contributed by atoms with Crippen molar-refractivity contribution >= 4 is 50.8 Å². The number of ether oxygens (including phenoxy) is 3. The van der Waals surface area contributed by atoms with Gasteiger partial charge in [-0.2, -0.15) is 0 Å². The Morgan fingerprint density at radius 1 is 1.07 bits per heavy atom. The van der Waals surface area contributed by atoms with Gasteiger partial charge < -0.3 is 29.7 Å². The van der Waals surface area contributed by atoms with Gasteiger partial charge in [-0.15, -0.1) is 6.58 Å². The van der Waals surface area contributed by atoms with E-state index in [4.69, 9.17) is 19.2 Å². The molecule has 1 aromatic heterocycles. The van der Waals surface area contributed by atoms with Gasteiger partial charge in [-0.25, -0.2) is 18.2 Å². The lowest BCUT2D eigenvalue weighted by atomic mass is 9.96. The first-order chi connectivity index (χ1) is 28.9. The van der Waals surface area contributed by atoms with Gasteiger partial charge in [-0.1, -0.05) is 68.3 Å². The molecule has 15 heteroatoms. The second-order valence-corrected chi connectivity index (χ2v) is 19.0. The Balaban J connectivity index is 1.18. The predicted molar refractivity (Wildman–Crippen MR) is 225 cm³/mol. The van der Waals surface area contributed by atoms with Crippen molar-refractivity contribution in [1.29, 1.82) is 0 Å². The topological polar surface area (TPSA) is 182 Å². The molecule has 2 aromatic carbocycles. The van der Waals surface area contributed by atoms with Gasteiger partial charge in [0, 0.05) is 41.0 Å². The van der Waals surface area contributed by atoms with Gasteiger partial charge in [0.05, 0.1) is 36.7 Å². The second kappa shape index (κ2) is 16.9. The summed E-state index contributed by atoms with van der Waals surface area (Å²) in [6.45, 7) is 5.96. The van der Waals surface area contributed by atoms with Gasteiger partial charge in [-0.05, 0) is 62.8 Å². The van der Waals surface area contributed by atoms with E-state index in [1.165, 1.54) is 11.0 Å². The van der Waals surface area contributed by atoms with Crippen LogP contribution >= 0.6 is 0 Å². The van der Waals surface area contributed by atoms with Crippen molar-refractivity contribution in [3.8, 4) is 22.8 Å². The first-order valence-electron chi connectivity index (χ1n) is 21.0. The molecule has 1 unspecified atom stereocenters. The maximum absolute atomic E-state index is 14.9. The van der Waals surface area contributed by atoms with Crippen LogP contribution in [0, 0.1) is 17.8 Å². The standard InChI is InChI=1S/C45H53N5O9S/c1-4-31-24-45(31,43(53)49-60(55,56)33-18-19-33)48-41(51)37-21-32-25-50(37)42(52)40(29-15-10-11-16-29)47-44(54)58-26-27(2)12-8-9-17-30-20-34-36(23-38(30)57-3)46-35(22-39(34)59-32)28-13-6-5-7-14-28/h4-7,9,13-14,17,20,22-23,27,29,31-33,37,40H,1,8,10-12,15-16,18-19,21,24-26H2,2-3H3,(H,47,54)(H,48,51)(H,49,53)/b17-9+/t27?,31-,32-,37+,40+,45-/m1/s1. The number of nitrogens with one attached hydrogen (secondary N) is 3. The summed E-state index contributed by atoms with van der Waals surface area (Å²) >= 11 is 0. The van der Waals surface area contributed by atoms with Crippen molar-refractivity contribution in [1.82, 2.24) is 25.2 Å². The van der Waals surface area contributed by atoms with Crippen LogP contribution in [0.1, 0.15) is 76.7 Å². The molecule has 3 heterocycles. The maximum Gasteiger partial charge on any atom is 0.407 e. The van der Waals surface area contributed by atoms with Crippen LogP contribution in [0.5, 0.6) is 11.5 Å². The second-order valence-electron chi connectivity index (χ2n) is 17.0. The number of carbonyl (C=O) groups excluding carboxylic acids is 4. The lowest BCUT2D eigenvalue weighted by Gasteiger charge is -2.32. The molecule has 3 aromatic rings. The van der Waals surface area contributed by atoms with Crippen molar-refractivity contribution < 1.29 is 41.8 Å². The number of pyridine rings is 1. The van der Waals surface area contributed by atoms with E-state index < -0.39 is 68.7 Å². The molecule has 2 aliphatic heterocycles. The molecular weight excluding hydrogens is 787 g/mol. The molecule has 3 saturated carbocycles. The zero-order valence-electron chi connectivity index (χ0n) is 34.1. The molecule has 1 saturated heterocycles. The Kier molecular flexibility index (Phi) is 11.6. The van der Waals surface area contributed by atoms with Gasteiger partial charge >= 0.3 is 6.09 Å². The van der Waals surface area contributed by atoms with Crippen LogP contribution in [0.4, 0.5) is 4.79 Å². The summed E-state index contributed by atoms with van der Waals surface area (Å²) < 4.78 is 46.3. The van der Waals surface area contributed by atoms with E-state index in [0.29, 0.717) is 53.8 Å². The molecule has 14 nitrogen and oxygen atoms in total. The number of carbonyl (C=O) groups is 4. The average Bonchev–Trinajstić information content (AvgIpc) is 4.12. The van der Waals surface area contributed by atoms with Gasteiger partial charge in [0.25, 0.3) is 5.91 Å². The summed E-state index contributed by atoms with van der Waals surface area (Å²) in [6, 6.07) is 13.3. The number of cyclic esters (lactones) is 1. The van der Waals surface area contributed by atoms with Crippen molar-refractivity contribution in [2.24, 2.45) is 17.8 Å². The number of allylic oxidation sites excluding steroid dienone is 1. The van der Waals surface area contributed by atoms with Gasteiger partial charge in [0.15, 0.2) is 0 Å². The normalized spacial score (nSPS) is 28.0. The Hall–Kier alpha value is -5.44. The van der Waals surface area contributed by atoms with E-state index in [-0.39, 0.29) is 37.8 Å². The number of methoxy groups -OCH3 is 1. The third kappa shape index (κ3) is 8.59. The molecule has 5 aliphatic rings. The molecule has 3 aliphatic carbocycles. The molecule has 4 amide bonds. The van der Waals surface area contributed by atoms with Crippen molar-refractivity contribution in [2.75, 3.05) is 20.3 Å². The molecule has 0 radical (unpaired) electrons. The summed E-state index contributed by atoms with van der Waals surface area (Å²) in [6.07, 6.45) is 9.92. The number of benzene rings is 2. The lowest BCUT2D eigenvalue weighted by Crippen LogP contribution is -2.59. The number of rotatable bonds is 9. The number of sulfonamides is 1. The highest BCUT2D eigenvalue weighted by Gasteiger charge is 2.62. The third-order valence-corrected chi connectivity index (χ3v) is 14.4. The fourth-order valence-corrected chi connectivity index (χ4v) is 10.3. The summed E-state index contributed by atoms with van der Waals surface area (Å²) in [5.74, 6) is -1.49. The average molecular weight is 840 g/mol. The summed E-state index contributed by atoms with van der Waals surface area (Å²) in [4.78, 5) is 63.0. The minimum absolute atomic E-state index is 0.0125. The predicted octanol–water partition coefficient (Wildman–Crippen LogP) is 5.66. The molecule has 6 atom stereocenters. The molecule has 0 spiro atoms. The Morgan fingerprint density at radius 2 is 1.83 bits per heavy atom. The van der Waals surface area contributed by atoms with Crippen LogP contribution in [0.25, 0.3) is 28.2 Å². The van der Waals surface area contributed by atoms with E-state index >= 15 is 0 Å². The van der Waals surface area contributed by atoms with Crippen molar-refractivity contribution in [3.05, 3.63) is 72.8 Å². The van der Waals surface area contributed by atoms with E-state index in [0.717, 1.165) is 36.8 Å². The molecular formula is C45H53N5O9S. The minimum atomic E-state index is -3.91. The van der Waals surface area contributed by atoms with E-state index in [1.54, 1.807) is 7.11 Å². The zero-order valence-corrected chi connectivity index (χ0v) is 34.9. The first kappa shape index (κ1) is 41.3. The molecule has 3 N–H and O–H groups in total. The van der Waals surface area contributed by atoms with Crippen molar-refractivity contribution in [3.63, 3.8) is 0 Å². The van der Waals surface area contributed by atoms with E-state index in [1.807, 2.05) is 61.5 Å². The van der Waals surface area contributed by atoms with Crippen LogP contribution in [-0.4, -0.2) is 91.4 Å². The summed E-state index contributed by atoms with van der Waals surface area (Å²) in [5.41, 5.74) is 1.38. The molecule has 4 fully saturated rings. The molecule has 8 rings (SSSR count). The maximum atomic E-state index is 14.9. The SMILES string of the molecule is C=C[C@@H]1C[C@]1(NC(=O)[C@@H]1C[C@@H]2CN1C(=O)[C@H](C1CCCC1)NC(=O)OCC(C)CC/C=C/c1cc3c(cc(-c4ccccc4)nc3cc1OC)O2)C(=O)NS(=O)(=O)C1CC1. The van der Waals surface area contributed by atoms with E-state index in [9.17, 15) is 27.6 Å². The fourth-order valence-electron chi connectivity index (χ4n) is 8.89. The number of aromatic nitrogens is 1. The number of fused-ring (bicyclic) bond motifs is 3. The van der Waals surface area contributed by atoms with Gasteiger partial charge in [0.2, 0.25) is 21.8 Å². The van der Waals surface area contributed by atoms with Gasteiger partial charge in [-0.3, -0.25) is 19.1 Å². The highest BCUT2D eigenvalue weighted by atomic mass is 32.2. The van der Waals surface area contributed by atoms with E-state index in [2.05, 4.69) is 28.0 Å². The Bertz CT molecular complexity index is 2310. The van der Waals surface area contributed by atoms with Crippen LogP contribution in [0.15, 0.2) is 67.3 Å². The van der Waals surface area contributed by atoms with Gasteiger partial charge in [0.1, 0.15) is 35.2 Å². The fraction of sp³-hybridized carbons (Fsp3) is 0.489. The quantitative estimate of drug-likeness (QED) is 0.228. The number of nitrogens with zero attached hydrogens (tertiary/aromatic N) is 2. The minimum Gasteiger partial charge on any atom is -0.496 e. The number of amides is 4. The number of hydrogen-bond acceptors (Lipinski definition) is 10. The third-order valence-electron chi connectivity index (χ3n) is 12.6. The smallest absolute Gasteiger partial charge is 0.407 e. The van der Waals surface area contributed by atoms with Crippen LogP contribution < -0.4 is 24.8 Å². The summed E-state index contributed by atoms with van der Waals surface area (Å²) in [5, 5.41) is 5.80. The molecule has 318 valence electrons.